The van der Waals surface area contributed by atoms with Crippen LogP contribution in [0.25, 0.3) is 5.65 Å². The highest BCUT2D eigenvalue weighted by molar-refractivity contribution is 6.00. The first-order valence-corrected chi connectivity index (χ1v) is 9.60. The van der Waals surface area contributed by atoms with Crippen molar-refractivity contribution in [3.63, 3.8) is 0 Å². The zero-order chi connectivity index (χ0) is 19.4. The molecule has 27 heavy (non-hydrogen) atoms. The third kappa shape index (κ3) is 3.51. The van der Waals surface area contributed by atoms with Crippen LogP contribution in [0.1, 0.15) is 55.6 Å². The minimum Gasteiger partial charge on any atom is -0.356 e. The average Bonchev–Trinajstić information content (AvgIpc) is 3.35. The van der Waals surface area contributed by atoms with Crippen molar-refractivity contribution in [3.8, 4) is 0 Å². The van der Waals surface area contributed by atoms with E-state index in [1.165, 1.54) is 0 Å². The molecule has 1 saturated heterocycles. The number of fused-ring (bicyclic) bond motifs is 1. The molecule has 4 rings (SSSR count). The summed E-state index contributed by atoms with van der Waals surface area (Å²) in [7, 11) is 0. The SMILES string of the molecule is Cc1cc(N2CCC(F)(F)CC2)nc2c(C(=O)NC(C)(C)C3CC3)ccn12. The van der Waals surface area contributed by atoms with Gasteiger partial charge in [-0.25, -0.2) is 13.8 Å². The number of aryl methyl sites for hydroxylation is 1. The smallest absolute Gasteiger partial charge is 0.255 e. The van der Waals surface area contributed by atoms with Crippen molar-refractivity contribution in [3.05, 3.63) is 29.6 Å². The zero-order valence-electron chi connectivity index (χ0n) is 16.1. The van der Waals surface area contributed by atoms with Gasteiger partial charge in [0.15, 0.2) is 5.65 Å². The van der Waals surface area contributed by atoms with Crippen LogP contribution in [-0.2, 0) is 0 Å². The summed E-state index contributed by atoms with van der Waals surface area (Å²) in [6, 6.07) is 3.67. The molecular formula is C20H26F2N4O. The van der Waals surface area contributed by atoms with E-state index >= 15 is 0 Å². The van der Waals surface area contributed by atoms with Crippen molar-refractivity contribution in [1.82, 2.24) is 14.7 Å². The van der Waals surface area contributed by atoms with E-state index in [1.807, 2.05) is 28.5 Å². The standard InChI is InChI=1S/C20H26F2N4O/c1-13-12-16(25-10-7-20(21,22)8-11-25)23-17-15(6-9-26(13)17)18(27)24-19(2,3)14-4-5-14/h6,9,12,14H,4-5,7-8,10-11H2,1-3H3,(H,24,27). The van der Waals surface area contributed by atoms with E-state index in [0.717, 1.165) is 18.5 Å². The Morgan fingerprint density at radius 3 is 2.59 bits per heavy atom. The van der Waals surface area contributed by atoms with Crippen LogP contribution in [-0.4, -0.2) is 39.8 Å². The van der Waals surface area contributed by atoms with Crippen molar-refractivity contribution >= 4 is 17.4 Å². The molecule has 0 aromatic carbocycles. The van der Waals surface area contributed by atoms with E-state index < -0.39 is 5.92 Å². The lowest BCUT2D eigenvalue weighted by Gasteiger charge is -2.32. The van der Waals surface area contributed by atoms with E-state index in [4.69, 9.17) is 0 Å². The Morgan fingerprint density at radius 1 is 1.30 bits per heavy atom. The minimum atomic E-state index is -2.59. The zero-order valence-corrected chi connectivity index (χ0v) is 16.1. The van der Waals surface area contributed by atoms with Crippen LogP contribution in [0, 0.1) is 12.8 Å². The Bertz CT molecular complexity index is 875. The van der Waals surface area contributed by atoms with Gasteiger partial charge in [-0.1, -0.05) is 0 Å². The van der Waals surface area contributed by atoms with Crippen LogP contribution in [0.5, 0.6) is 0 Å². The van der Waals surface area contributed by atoms with Crippen LogP contribution < -0.4 is 10.2 Å². The highest BCUT2D eigenvalue weighted by atomic mass is 19.3. The molecule has 0 unspecified atom stereocenters. The molecule has 7 heteroatoms. The van der Waals surface area contributed by atoms with Gasteiger partial charge in [-0.3, -0.25) is 4.79 Å². The lowest BCUT2D eigenvalue weighted by atomic mass is 9.98. The van der Waals surface area contributed by atoms with Crippen molar-refractivity contribution in [1.29, 1.82) is 0 Å². The molecule has 0 bridgehead atoms. The molecule has 0 radical (unpaired) electrons. The van der Waals surface area contributed by atoms with Crippen LogP contribution in [0.3, 0.4) is 0 Å². The third-order valence-electron chi connectivity index (χ3n) is 5.90. The second-order valence-corrected chi connectivity index (χ2v) is 8.47. The molecule has 5 nitrogen and oxygen atoms in total. The van der Waals surface area contributed by atoms with Gasteiger partial charge >= 0.3 is 0 Å². The number of aromatic nitrogens is 2. The fraction of sp³-hybridized carbons (Fsp3) is 0.600. The summed E-state index contributed by atoms with van der Waals surface area (Å²) in [6.45, 7) is 6.59. The predicted molar refractivity (Wildman–Crippen MR) is 101 cm³/mol. The molecule has 3 heterocycles. The normalized spacial score (nSPS) is 20.1. The molecule has 2 aliphatic rings. The molecule has 1 N–H and O–H groups in total. The van der Waals surface area contributed by atoms with Gasteiger partial charge in [0.25, 0.3) is 11.8 Å². The third-order valence-corrected chi connectivity index (χ3v) is 5.90. The first kappa shape index (κ1) is 18.2. The van der Waals surface area contributed by atoms with Gasteiger partial charge < -0.3 is 14.6 Å². The van der Waals surface area contributed by atoms with E-state index in [0.29, 0.717) is 22.9 Å². The van der Waals surface area contributed by atoms with E-state index in [2.05, 4.69) is 24.1 Å². The molecule has 0 atom stereocenters. The van der Waals surface area contributed by atoms with E-state index in [9.17, 15) is 13.6 Å². The lowest BCUT2D eigenvalue weighted by Crippen LogP contribution is -2.45. The molecular weight excluding hydrogens is 350 g/mol. The number of halogens is 2. The maximum Gasteiger partial charge on any atom is 0.255 e. The molecule has 2 aromatic rings. The molecule has 1 aliphatic carbocycles. The first-order valence-electron chi connectivity index (χ1n) is 9.60. The molecule has 2 fully saturated rings. The summed E-state index contributed by atoms with van der Waals surface area (Å²) in [4.78, 5) is 19.4. The van der Waals surface area contributed by atoms with Gasteiger partial charge in [-0.2, -0.15) is 0 Å². The maximum atomic E-state index is 13.5. The van der Waals surface area contributed by atoms with Crippen molar-refractivity contribution in [2.24, 2.45) is 5.92 Å². The van der Waals surface area contributed by atoms with Crippen LogP contribution in [0.2, 0.25) is 0 Å². The molecule has 1 saturated carbocycles. The average molecular weight is 376 g/mol. The van der Waals surface area contributed by atoms with Crippen molar-refractivity contribution in [2.45, 2.75) is 57.9 Å². The van der Waals surface area contributed by atoms with Gasteiger partial charge in [0.05, 0.1) is 5.56 Å². The second kappa shape index (κ2) is 6.17. The number of piperidine rings is 1. The minimum absolute atomic E-state index is 0.136. The van der Waals surface area contributed by atoms with Gasteiger partial charge in [-0.15, -0.1) is 0 Å². The first-order chi connectivity index (χ1) is 12.7. The largest absolute Gasteiger partial charge is 0.356 e. The number of hydrogen-bond donors (Lipinski definition) is 1. The molecule has 1 aliphatic heterocycles. The summed E-state index contributed by atoms with van der Waals surface area (Å²) in [6.07, 6.45) is 3.80. The van der Waals surface area contributed by atoms with Gasteiger partial charge in [-0.05, 0) is 45.6 Å². The Morgan fingerprint density at radius 2 is 1.96 bits per heavy atom. The van der Waals surface area contributed by atoms with Gasteiger partial charge in [0.2, 0.25) is 0 Å². The number of nitrogens with zero attached hydrogens (tertiary/aromatic N) is 3. The fourth-order valence-corrected chi connectivity index (χ4v) is 3.89. The second-order valence-electron chi connectivity index (χ2n) is 8.47. The predicted octanol–water partition coefficient (Wildman–Crippen LogP) is 3.80. The number of rotatable bonds is 4. The highest BCUT2D eigenvalue weighted by Crippen LogP contribution is 2.39. The number of alkyl halides is 2. The number of amides is 1. The van der Waals surface area contributed by atoms with E-state index in [1.54, 1.807) is 6.07 Å². The Kier molecular flexibility index (Phi) is 4.16. The van der Waals surface area contributed by atoms with Gasteiger partial charge in [0, 0.05) is 49.4 Å². The number of hydrogen-bond acceptors (Lipinski definition) is 3. The number of carbonyl (C=O) groups excluding carboxylic acids is 1. The Balaban J connectivity index is 1.63. The van der Waals surface area contributed by atoms with Crippen molar-refractivity contribution in [2.75, 3.05) is 18.0 Å². The molecule has 1 amide bonds. The van der Waals surface area contributed by atoms with Crippen LogP contribution >= 0.6 is 0 Å². The molecule has 0 spiro atoms. The molecule has 2 aromatic heterocycles. The highest BCUT2D eigenvalue weighted by Gasteiger charge is 2.39. The summed E-state index contributed by atoms with van der Waals surface area (Å²) in [5.74, 6) is -1.55. The Labute approximate surface area is 157 Å². The monoisotopic (exact) mass is 376 g/mol. The molecule has 146 valence electrons. The lowest BCUT2D eigenvalue weighted by molar-refractivity contribution is -0.0221. The summed E-state index contributed by atoms with van der Waals surface area (Å²) in [5.41, 5.74) is 1.78. The fourth-order valence-electron chi connectivity index (χ4n) is 3.89. The summed E-state index contributed by atoms with van der Waals surface area (Å²) in [5, 5.41) is 3.14. The quantitative estimate of drug-likeness (QED) is 0.883. The van der Waals surface area contributed by atoms with E-state index in [-0.39, 0.29) is 37.4 Å². The maximum absolute atomic E-state index is 13.5. The van der Waals surface area contributed by atoms with Crippen molar-refractivity contribution < 1.29 is 13.6 Å². The number of nitrogens with one attached hydrogen (secondary N) is 1. The van der Waals surface area contributed by atoms with Crippen LogP contribution in [0.15, 0.2) is 18.3 Å². The summed E-state index contributed by atoms with van der Waals surface area (Å²) >= 11 is 0. The number of anilines is 1. The Hall–Kier alpha value is -2.18. The van der Waals surface area contributed by atoms with Gasteiger partial charge in [0.1, 0.15) is 5.82 Å². The van der Waals surface area contributed by atoms with Crippen LogP contribution in [0.4, 0.5) is 14.6 Å². The topological polar surface area (TPSA) is 49.6 Å². The summed E-state index contributed by atoms with van der Waals surface area (Å²) < 4.78 is 28.8. The number of carbonyl (C=O) groups is 1.